The molecule has 2 aromatic carbocycles. The van der Waals surface area contributed by atoms with Crippen molar-refractivity contribution >= 4 is 34.8 Å². The first-order valence-electron chi connectivity index (χ1n) is 13.0. The van der Waals surface area contributed by atoms with E-state index in [0.29, 0.717) is 24.2 Å². The number of β-amino-alcohol motifs (C(OH)–C–C–N with tert-alkyl or cyclic N) is 1. The van der Waals surface area contributed by atoms with Crippen molar-refractivity contribution in [3.8, 4) is 0 Å². The molecule has 3 aliphatic rings. The Kier molecular flexibility index (Phi) is 6.92. The lowest BCUT2D eigenvalue weighted by atomic mass is 9.70. The number of nitrogens with zero attached hydrogens (tertiary/aromatic N) is 2. The van der Waals surface area contributed by atoms with Gasteiger partial charge in [-0.1, -0.05) is 18.2 Å². The van der Waals surface area contributed by atoms with E-state index in [9.17, 15) is 19.5 Å². The topological polar surface area (TPSA) is 111 Å². The van der Waals surface area contributed by atoms with E-state index in [4.69, 9.17) is 4.74 Å². The van der Waals surface area contributed by atoms with E-state index in [1.165, 1.54) is 4.90 Å². The maximum Gasteiger partial charge on any atom is 0.250 e. The standard InChI is InChI=1S/C28H34N4O5/c1-3-31(4-2)20-12-10-19(11-13-20)30-26(35)24-28-15-14-21(37-28)22(23(28)27(36)32(24)16-17-33)25(34)29-18-8-6-5-7-9-18/h5-13,21-24,33H,3-4,14-17H2,1-2H3,(H,29,34)(H,30,35)/t21-,22+,23-,24?,28?/m0/s1. The number of para-hydroxylation sites is 1. The molecule has 3 N–H and O–H groups in total. The summed E-state index contributed by atoms with van der Waals surface area (Å²) in [6, 6.07) is 15.8. The molecule has 2 bridgehead atoms. The van der Waals surface area contributed by atoms with Crippen LogP contribution in [0, 0.1) is 11.8 Å². The van der Waals surface area contributed by atoms with Gasteiger partial charge in [-0.25, -0.2) is 0 Å². The van der Waals surface area contributed by atoms with Crippen molar-refractivity contribution in [3.63, 3.8) is 0 Å². The van der Waals surface area contributed by atoms with Gasteiger partial charge in [-0.15, -0.1) is 0 Å². The molecule has 5 rings (SSSR count). The molecule has 1 spiro atoms. The Bertz CT molecular complexity index is 1150. The maximum atomic E-state index is 13.7. The van der Waals surface area contributed by atoms with Crippen LogP contribution in [-0.4, -0.2) is 71.7 Å². The quantitative estimate of drug-likeness (QED) is 0.482. The second-order valence-electron chi connectivity index (χ2n) is 9.87. The van der Waals surface area contributed by atoms with Crippen LogP contribution in [0.2, 0.25) is 0 Å². The molecular formula is C28H34N4O5. The summed E-state index contributed by atoms with van der Waals surface area (Å²) in [5.74, 6) is -2.45. The predicted molar refractivity (Wildman–Crippen MR) is 140 cm³/mol. The molecule has 37 heavy (non-hydrogen) atoms. The van der Waals surface area contributed by atoms with Gasteiger partial charge in [0.1, 0.15) is 11.6 Å². The summed E-state index contributed by atoms with van der Waals surface area (Å²) in [7, 11) is 0. The molecular weight excluding hydrogens is 472 g/mol. The normalized spacial score (nSPS) is 27.8. The zero-order chi connectivity index (χ0) is 26.2. The Labute approximate surface area is 216 Å². The van der Waals surface area contributed by atoms with Gasteiger partial charge in [-0.3, -0.25) is 14.4 Å². The summed E-state index contributed by atoms with van der Waals surface area (Å²) in [4.78, 5) is 44.3. The second-order valence-corrected chi connectivity index (χ2v) is 9.87. The third-order valence-corrected chi connectivity index (χ3v) is 8.00. The highest BCUT2D eigenvalue weighted by Crippen LogP contribution is 2.58. The highest BCUT2D eigenvalue weighted by Gasteiger charge is 2.74. The number of likely N-dealkylation sites (tertiary alicyclic amines) is 1. The fourth-order valence-electron chi connectivity index (χ4n) is 6.40. The number of carbonyl (C=O) groups excluding carboxylic acids is 3. The molecule has 9 nitrogen and oxygen atoms in total. The van der Waals surface area contributed by atoms with Gasteiger partial charge in [0.25, 0.3) is 0 Å². The Morgan fingerprint density at radius 1 is 1.03 bits per heavy atom. The predicted octanol–water partition coefficient (Wildman–Crippen LogP) is 2.48. The molecule has 0 aliphatic carbocycles. The molecule has 2 aromatic rings. The Morgan fingerprint density at radius 3 is 2.32 bits per heavy atom. The molecule has 3 heterocycles. The summed E-state index contributed by atoms with van der Waals surface area (Å²) in [5, 5.41) is 15.6. The fraction of sp³-hybridized carbons (Fsp3) is 0.464. The Hall–Kier alpha value is -3.43. The summed E-state index contributed by atoms with van der Waals surface area (Å²) in [6.07, 6.45) is 0.661. The number of anilines is 3. The minimum absolute atomic E-state index is 0.00286. The number of carbonyl (C=O) groups is 3. The van der Waals surface area contributed by atoms with Crippen LogP contribution in [0.1, 0.15) is 26.7 Å². The number of hydrogen-bond acceptors (Lipinski definition) is 6. The van der Waals surface area contributed by atoms with E-state index >= 15 is 0 Å². The van der Waals surface area contributed by atoms with Crippen molar-refractivity contribution in [2.24, 2.45) is 11.8 Å². The van der Waals surface area contributed by atoms with Crippen LogP contribution in [0.25, 0.3) is 0 Å². The Morgan fingerprint density at radius 2 is 1.68 bits per heavy atom. The molecule has 2 unspecified atom stereocenters. The van der Waals surface area contributed by atoms with Crippen LogP contribution in [0.3, 0.4) is 0 Å². The number of rotatable bonds is 9. The number of hydrogen-bond donors (Lipinski definition) is 3. The lowest BCUT2D eigenvalue weighted by molar-refractivity contribution is -0.140. The SMILES string of the molecule is CCN(CC)c1ccc(NC(=O)C2N(CCO)C(=O)[C@@H]3[C@H](C(=O)Nc4ccccc4)[C@@H]4CCC23O4)cc1. The first kappa shape index (κ1) is 25.2. The Balaban J connectivity index is 1.40. The number of ether oxygens (including phenoxy) is 1. The average molecular weight is 507 g/mol. The zero-order valence-corrected chi connectivity index (χ0v) is 21.2. The van der Waals surface area contributed by atoms with E-state index in [0.717, 1.165) is 18.8 Å². The summed E-state index contributed by atoms with van der Waals surface area (Å²) in [6.45, 7) is 5.64. The highest BCUT2D eigenvalue weighted by molar-refractivity contribution is 6.05. The zero-order valence-electron chi connectivity index (χ0n) is 21.2. The third kappa shape index (κ3) is 4.26. The van der Waals surface area contributed by atoms with Crippen LogP contribution in [0.15, 0.2) is 54.6 Å². The van der Waals surface area contributed by atoms with Gasteiger partial charge in [-0.2, -0.15) is 0 Å². The largest absolute Gasteiger partial charge is 0.395 e. The molecule has 0 aromatic heterocycles. The van der Waals surface area contributed by atoms with Gasteiger partial charge in [0.2, 0.25) is 17.7 Å². The first-order valence-corrected chi connectivity index (χ1v) is 13.0. The number of nitrogens with one attached hydrogen (secondary N) is 2. The molecule has 0 saturated carbocycles. The summed E-state index contributed by atoms with van der Waals surface area (Å²) in [5.41, 5.74) is 1.22. The van der Waals surface area contributed by atoms with E-state index in [1.54, 1.807) is 12.1 Å². The third-order valence-electron chi connectivity index (χ3n) is 8.00. The van der Waals surface area contributed by atoms with E-state index in [1.807, 2.05) is 42.5 Å². The minimum atomic E-state index is -1.10. The fourth-order valence-corrected chi connectivity index (χ4v) is 6.40. The second kappa shape index (κ2) is 10.1. The molecule has 3 amide bonds. The number of aliphatic hydroxyl groups excluding tert-OH is 1. The molecule has 9 heteroatoms. The van der Waals surface area contributed by atoms with Crippen molar-refractivity contribution in [1.82, 2.24) is 4.90 Å². The van der Waals surface area contributed by atoms with E-state index < -0.39 is 29.6 Å². The summed E-state index contributed by atoms with van der Waals surface area (Å²) < 4.78 is 6.38. The van der Waals surface area contributed by atoms with Gasteiger partial charge < -0.3 is 30.3 Å². The van der Waals surface area contributed by atoms with Crippen molar-refractivity contribution in [2.45, 2.75) is 44.4 Å². The minimum Gasteiger partial charge on any atom is -0.395 e. The molecule has 5 atom stereocenters. The average Bonchev–Trinajstić information content (AvgIpc) is 3.54. The number of amides is 3. The van der Waals surface area contributed by atoms with Crippen LogP contribution >= 0.6 is 0 Å². The monoisotopic (exact) mass is 506 g/mol. The molecule has 196 valence electrons. The van der Waals surface area contributed by atoms with Crippen molar-refractivity contribution in [2.75, 3.05) is 41.8 Å². The van der Waals surface area contributed by atoms with Crippen molar-refractivity contribution in [3.05, 3.63) is 54.6 Å². The van der Waals surface area contributed by atoms with Crippen LogP contribution in [0.5, 0.6) is 0 Å². The molecule has 3 fully saturated rings. The number of benzene rings is 2. The van der Waals surface area contributed by atoms with Gasteiger partial charge in [0.05, 0.1) is 24.5 Å². The highest BCUT2D eigenvalue weighted by atomic mass is 16.5. The van der Waals surface area contributed by atoms with Crippen LogP contribution in [-0.2, 0) is 19.1 Å². The maximum absolute atomic E-state index is 13.7. The van der Waals surface area contributed by atoms with E-state index in [2.05, 4.69) is 29.4 Å². The lowest BCUT2D eigenvalue weighted by Gasteiger charge is -2.33. The van der Waals surface area contributed by atoms with Crippen molar-refractivity contribution < 1.29 is 24.2 Å². The number of fused-ring (bicyclic) bond motifs is 1. The molecule has 3 saturated heterocycles. The van der Waals surface area contributed by atoms with Gasteiger partial charge in [0, 0.05) is 36.7 Å². The first-order chi connectivity index (χ1) is 17.9. The summed E-state index contributed by atoms with van der Waals surface area (Å²) >= 11 is 0. The number of aliphatic hydroxyl groups is 1. The van der Waals surface area contributed by atoms with Crippen molar-refractivity contribution in [1.29, 1.82) is 0 Å². The van der Waals surface area contributed by atoms with Crippen LogP contribution < -0.4 is 15.5 Å². The molecule has 3 aliphatic heterocycles. The van der Waals surface area contributed by atoms with E-state index in [-0.39, 0.29) is 30.9 Å². The van der Waals surface area contributed by atoms with Gasteiger partial charge in [-0.05, 0) is 63.1 Å². The molecule has 0 radical (unpaired) electrons. The van der Waals surface area contributed by atoms with Gasteiger partial charge >= 0.3 is 0 Å². The smallest absolute Gasteiger partial charge is 0.250 e. The lowest BCUT2D eigenvalue weighted by Crippen LogP contribution is -2.53. The van der Waals surface area contributed by atoms with Gasteiger partial charge in [0.15, 0.2) is 0 Å². The van der Waals surface area contributed by atoms with Crippen LogP contribution in [0.4, 0.5) is 17.1 Å².